The highest BCUT2D eigenvalue weighted by molar-refractivity contribution is 7.90. The molecule has 24 heavy (non-hydrogen) atoms. The predicted molar refractivity (Wildman–Crippen MR) is 93.5 cm³/mol. The van der Waals surface area contributed by atoms with Crippen molar-refractivity contribution in [1.29, 1.82) is 0 Å². The van der Waals surface area contributed by atoms with E-state index in [9.17, 15) is 8.42 Å². The molecule has 0 amide bonds. The lowest BCUT2D eigenvalue weighted by Gasteiger charge is -2.04. The number of benzene rings is 2. The fourth-order valence-corrected chi connectivity index (χ4v) is 3.54. The van der Waals surface area contributed by atoms with Crippen LogP contribution in [0, 0.1) is 0 Å². The molecule has 0 saturated carbocycles. The number of aromatic nitrogens is 1. The highest BCUT2D eigenvalue weighted by Crippen LogP contribution is 2.26. The molecule has 4 nitrogen and oxygen atoms in total. The zero-order valence-electron chi connectivity index (χ0n) is 13.5. The molecule has 0 N–H and O–H groups in total. The summed E-state index contributed by atoms with van der Waals surface area (Å²) in [4.78, 5) is 4.73. The quantitative estimate of drug-likeness (QED) is 0.682. The molecule has 0 fully saturated rings. The van der Waals surface area contributed by atoms with Gasteiger partial charge >= 0.3 is 0 Å². The molecule has 1 heterocycles. The van der Waals surface area contributed by atoms with Gasteiger partial charge in [0.05, 0.1) is 4.90 Å². The van der Waals surface area contributed by atoms with Gasteiger partial charge in [-0.1, -0.05) is 48.5 Å². The molecule has 5 heteroatoms. The van der Waals surface area contributed by atoms with Gasteiger partial charge in [-0.15, -0.1) is 0 Å². The molecule has 2 aromatic carbocycles. The zero-order valence-corrected chi connectivity index (χ0v) is 14.3. The van der Waals surface area contributed by atoms with E-state index in [1.54, 1.807) is 24.3 Å². The Labute approximate surface area is 142 Å². The maximum Gasteiger partial charge on any atom is 0.194 e. The Bertz CT molecular complexity index is 915. The molecule has 0 bridgehead atoms. The number of rotatable bonds is 6. The van der Waals surface area contributed by atoms with E-state index in [1.807, 2.05) is 18.2 Å². The van der Waals surface area contributed by atoms with Crippen LogP contribution in [-0.4, -0.2) is 19.7 Å². The number of nitrogens with zero attached hydrogens (tertiary/aromatic N) is 1. The number of sulfone groups is 1. The summed E-state index contributed by atoms with van der Waals surface area (Å²) in [5, 5.41) is 0. The van der Waals surface area contributed by atoms with Gasteiger partial charge in [-0.2, -0.15) is 0 Å². The van der Waals surface area contributed by atoms with Crippen molar-refractivity contribution >= 4 is 9.84 Å². The summed E-state index contributed by atoms with van der Waals surface area (Å²) in [6, 6.07) is 17.1. The van der Waals surface area contributed by atoms with E-state index in [1.165, 1.54) is 18.1 Å². The van der Waals surface area contributed by atoms with Gasteiger partial charge in [-0.25, -0.2) is 13.4 Å². The van der Waals surface area contributed by atoms with Gasteiger partial charge in [-0.05, 0) is 24.5 Å². The zero-order chi connectivity index (χ0) is 17.0. The summed E-state index contributed by atoms with van der Waals surface area (Å²) in [6.07, 6.45) is 5.33. The maximum atomic E-state index is 11.9. The van der Waals surface area contributed by atoms with Crippen LogP contribution in [-0.2, 0) is 22.7 Å². The molecule has 1 aromatic heterocycles. The van der Waals surface area contributed by atoms with Crippen molar-refractivity contribution in [3.8, 4) is 11.3 Å². The van der Waals surface area contributed by atoms with Crippen molar-refractivity contribution in [3.63, 3.8) is 0 Å². The van der Waals surface area contributed by atoms with Crippen molar-refractivity contribution in [1.82, 2.24) is 4.98 Å². The lowest BCUT2D eigenvalue weighted by atomic mass is 10.1. The molecule has 124 valence electrons. The number of aryl methyl sites for hydroxylation is 2. The van der Waals surface area contributed by atoms with E-state index >= 15 is 0 Å². The van der Waals surface area contributed by atoms with Crippen LogP contribution in [0.2, 0.25) is 0 Å². The standard InChI is InChI=1S/C19H19NO3S/c1-24(21,22)18-12-6-5-11-16(18)17-14-23-19(20-17)13-7-10-15-8-3-2-4-9-15/h2-6,8-9,11-12,14H,7,10,13H2,1H3. The fourth-order valence-electron chi connectivity index (χ4n) is 2.64. The van der Waals surface area contributed by atoms with E-state index < -0.39 is 9.84 Å². The van der Waals surface area contributed by atoms with Gasteiger partial charge in [-0.3, -0.25) is 0 Å². The molecule has 0 spiro atoms. The third-order valence-corrected chi connectivity index (χ3v) is 4.97. The summed E-state index contributed by atoms with van der Waals surface area (Å²) in [7, 11) is -3.31. The predicted octanol–water partition coefficient (Wildman–Crippen LogP) is 3.92. The van der Waals surface area contributed by atoms with Crippen molar-refractivity contribution in [2.45, 2.75) is 24.2 Å². The molecule has 0 saturated heterocycles. The largest absolute Gasteiger partial charge is 0.448 e. The average molecular weight is 341 g/mol. The number of hydrogen-bond acceptors (Lipinski definition) is 4. The van der Waals surface area contributed by atoms with E-state index in [2.05, 4.69) is 17.1 Å². The van der Waals surface area contributed by atoms with E-state index in [0.717, 1.165) is 19.3 Å². The minimum absolute atomic E-state index is 0.272. The van der Waals surface area contributed by atoms with Gasteiger partial charge in [0, 0.05) is 18.2 Å². The fraction of sp³-hybridized carbons (Fsp3) is 0.211. The Hall–Kier alpha value is -2.40. The third-order valence-electron chi connectivity index (χ3n) is 3.81. The van der Waals surface area contributed by atoms with Gasteiger partial charge in [0.15, 0.2) is 15.7 Å². The van der Waals surface area contributed by atoms with Crippen LogP contribution < -0.4 is 0 Å². The van der Waals surface area contributed by atoms with E-state index in [0.29, 0.717) is 17.1 Å². The number of oxazole rings is 1. The van der Waals surface area contributed by atoms with Gasteiger partial charge in [0.25, 0.3) is 0 Å². The van der Waals surface area contributed by atoms with Crippen LogP contribution in [0.5, 0.6) is 0 Å². The minimum Gasteiger partial charge on any atom is -0.448 e. The summed E-state index contributed by atoms with van der Waals surface area (Å²) in [6.45, 7) is 0. The summed E-state index contributed by atoms with van der Waals surface area (Å²) >= 11 is 0. The van der Waals surface area contributed by atoms with Gasteiger partial charge in [0.1, 0.15) is 12.0 Å². The summed E-state index contributed by atoms with van der Waals surface area (Å²) in [5.74, 6) is 0.629. The normalized spacial score (nSPS) is 11.5. The van der Waals surface area contributed by atoms with Gasteiger partial charge < -0.3 is 4.42 Å². The highest BCUT2D eigenvalue weighted by atomic mass is 32.2. The lowest BCUT2D eigenvalue weighted by molar-refractivity contribution is 0.487. The molecule has 0 aliphatic carbocycles. The van der Waals surface area contributed by atoms with E-state index in [4.69, 9.17) is 4.42 Å². The monoisotopic (exact) mass is 341 g/mol. The van der Waals surface area contributed by atoms with E-state index in [-0.39, 0.29) is 4.90 Å². The number of hydrogen-bond donors (Lipinski definition) is 0. The Kier molecular flexibility index (Phi) is 4.81. The Morgan fingerprint density at radius 2 is 1.67 bits per heavy atom. The molecule has 0 atom stereocenters. The van der Waals surface area contributed by atoms with Crippen LogP contribution in [0.15, 0.2) is 70.2 Å². The molecular weight excluding hydrogens is 322 g/mol. The minimum atomic E-state index is -3.31. The second-order valence-electron chi connectivity index (χ2n) is 5.73. The second-order valence-corrected chi connectivity index (χ2v) is 7.72. The Balaban J connectivity index is 1.72. The second kappa shape index (κ2) is 7.01. The SMILES string of the molecule is CS(=O)(=O)c1ccccc1-c1coc(CCCc2ccccc2)n1. The van der Waals surface area contributed by atoms with Crippen LogP contribution in [0.1, 0.15) is 17.9 Å². The lowest BCUT2D eigenvalue weighted by Crippen LogP contribution is -1.99. The maximum absolute atomic E-state index is 11.9. The first-order valence-corrected chi connectivity index (χ1v) is 9.71. The van der Waals surface area contributed by atoms with Crippen molar-refractivity contribution < 1.29 is 12.8 Å². The summed E-state index contributed by atoms with van der Waals surface area (Å²) < 4.78 is 29.3. The molecule has 0 unspecified atom stereocenters. The topological polar surface area (TPSA) is 60.2 Å². The first kappa shape index (κ1) is 16.5. The van der Waals surface area contributed by atoms with Gasteiger partial charge in [0.2, 0.25) is 0 Å². The molecule has 3 rings (SSSR count). The third kappa shape index (κ3) is 3.92. The molecule has 0 aliphatic rings. The summed E-state index contributed by atoms with van der Waals surface area (Å²) in [5.41, 5.74) is 2.43. The Morgan fingerprint density at radius 3 is 2.42 bits per heavy atom. The van der Waals surface area contributed by atoms with Crippen molar-refractivity contribution in [2.75, 3.05) is 6.26 Å². The van der Waals surface area contributed by atoms with Crippen LogP contribution >= 0.6 is 0 Å². The van der Waals surface area contributed by atoms with Crippen LogP contribution in [0.25, 0.3) is 11.3 Å². The average Bonchev–Trinajstić information content (AvgIpc) is 3.04. The highest BCUT2D eigenvalue weighted by Gasteiger charge is 2.16. The van der Waals surface area contributed by atoms with Crippen molar-refractivity contribution in [3.05, 3.63) is 72.3 Å². The van der Waals surface area contributed by atoms with Crippen LogP contribution in [0.3, 0.4) is 0 Å². The molecule has 0 radical (unpaired) electrons. The van der Waals surface area contributed by atoms with Crippen LogP contribution in [0.4, 0.5) is 0 Å². The molecule has 3 aromatic rings. The first-order valence-electron chi connectivity index (χ1n) is 7.82. The molecule has 0 aliphatic heterocycles. The molecular formula is C19H19NO3S. The smallest absolute Gasteiger partial charge is 0.194 e. The first-order chi connectivity index (χ1) is 11.5. The van der Waals surface area contributed by atoms with Crippen molar-refractivity contribution in [2.24, 2.45) is 0 Å². The Morgan fingerprint density at radius 1 is 0.958 bits per heavy atom.